The standard InChI is InChI=1S/C11H10F2O2/c1-7(11(14)15-2)10(13)8-3-5-9(12)6-4-8/h3-6,10H,1H2,2H3. The lowest BCUT2D eigenvalue weighted by Crippen LogP contribution is -2.09. The Labute approximate surface area is 86.2 Å². The van der Waals surface area contributed by atoms with Crippen LogP contribution >= 0.6 is 0 Å². The summed E-state index contributed by atoms with van der Waals surface area (Å²) < 4.78 is 30.4. The predicted molar refractivity (Wildman–Crippen MR) is 51.4 cm³/mol. The molecule has 1 aromatic carbocycles. The number of esters is 1. The molecule has 15 heavy (non-hydrogen) atoms. The third kappa shape index (κ3) is 2.62. The van der Waals surface area contributed by atoms with Crippen molar-refractivity contribution in [3.8, 4) is 0 Å². The van der Waals surface area contributed by atoms with Crippen LogP contribution in [0.2, 0.25) is 0 Å². The summed E-state index contributed by atoms with van der Waals surface area (Å²) in [7, 11) is 1.14. The lowest BCUT2D eigenvalue weighted by molar-refractivity contribution is -0.136. The average molecular weight is 212 g/mol. The first-order valence-electron chi connectivity index (χ1n) is 4.23. The molecular weight excluding hydrogens is 202 g/mol. The highest BCUT2D eigenvalue weighted by atomic mass is 19.1. The third-order valence-electron chi connectivity index (χ3n) is 1.92. The highest BCUT2D eigenvalue weighted by Gasteiger charge is 2.20. The summed E-state index contributed by atoms with van der Waals surface area (Å²) >= 11 is 0. The molecule has 0 N–H and O–H groups in total. The van der Waals surface area contributed by atoms with Gasteiger partial charge in [-0.2, -0.15) is 0 Å². The van der Waals surface area contributed by atoms with Crippen LogP contribution < -0.4 is 0 Å². The lowest BCUT2D eigenvalue weighted by atomic mass is 10.0. The Balaban J connectivity index is 2.85. The Hall–Kier alpha value is -1.71. The average Bonchev–Trinajstić information content (AvgIpc) is 2.27. The van der Waals surface area contributed by atoms with Crippen molar-refractivity contribution in [1.29, 1.82) is 0 Å². The second-order valence-electron chi connectivity index (χ2n) is 2.93. The molecule has 2 nitrogen and oxygen atoms in total. The Morgan fingerprint density at radius 3 is 2.40 bits per heavy atom. The van der Waals surface area contributed by atoms with Crippen LogP contribution in [0.1, 0.15) is 11.7 Å². The third-order valence-corrected chi connectivity index (χ3v) is 1.92. The van der Waals surface area contributed by atoms with Crippen molar-refractivity contribution in [2.45, 2.75) is 6.17 Å². The van der Waals surface area contributed by atoms with E-state index >= 15 is 0 Å². The van der Waals surface area contributed by atoms with Crippen molar-refractivity contribution in [1.82, 2.24) is 0 Å². The van der Waals surface area contributed by atoms with E-state index in [2.05, 4.69) is 11.3 Å². The Bertz CT molecular complexity index is 371. The fourth-order valence-electron chi connectivity index (χ4n) is 1.07. The summed E-state index contributed by atoms with van der Waals surface area (Å²) in [5, 5.41) is 0. The number of methoxy groups -OCH3 is 1. The molecule has 0 aliphatic carbocycles. The van der Waals surface area contributed by atoms with Gasteiger partial charge in [0.2, 0.25) is 0 Å². The zero-order valence-electron chi connectivity index (χ0n) is 8.17. The first-order chi connectivity index (χ1) is 7.06. The molecule has 0 aliphatic rings. The van der Waals surface area contributed by atoms with E-state index in [1.54, 1.807) is 0 Å². The number of alkyl halides is 1. The fraction of sp³-hybridized carbons (Fsp3) is 0.182. The van der Waals surface area contributed by atoms with Gasteiger partial charge in [-0.05, 0) is 17.7 Å². The summed E-state index contributed by atoms with van der Waals surface area (Å²) in [6.45, 7) is 3.28. The molecule has 0 fully saturated rings. The van der Waals surface area contributed by atoms with Gasteiger partial charge in [0.05, 0.1) is 12.7 Å². The SMILES string of the molecule is C=C(C(=O)OC)C(F)c1ccc(F)cc1. The van der Waals surface area contributed by atoms with Crippen molar-refractivity contribution < 1.29 is 18.3 Å². The van der Waals surface area contributed by atoms with Crippen LogP contribution in [0.3, 0.4) is 0 Å². The van der Waals surface area contributed by atoms with Gasteiger partial charge in [0.25, 0.3) is 0 Å². The predicted octanol–water partition coefficient (Wildman–Crippen LogP) is 2.57. The van der Waals surface area contributed by atoms with Crippen molar-refractivity contribution in [2.24, 2.45) is 0 Å². The molecule has 80 valence electrons. The molecule has 0 aliphatic heterocycles. The van der Waals surface area contributed by atoms with Gasteiger partial charge in [0.15, 0.2) is 6.17 Å². The molecule has 1 unspecified atom stereocenters. The molecule has 1 rings (SSSR count). The largest absolute Gasteiger partial charge is 0.466 e. The minimum absolute atomic E-state index is 0.173. The van der Waals surface area contributed by atoms with E-state index in [1.807, 2.05) is 0 Å². The van der Waals surface area contributed by atoms with E-state index in [1.165, 1.54) is 12.1 Å². The minimum Gasteiger partial charge on any atom is -0.466 e. The molecular formula is C11H10F2O2. The first-order valence-corrected chi connectivity index (χ1v) is 4.23. The van der Waals surface area contributed by atoms with Gasteiger partial charge in [0, 0.05) is 0 Å². The number of benzene rings is 1. The van der Waals surface area contributed by atoms with Gasteiger partial charge in [-0.1, -0.05) is 18.7 Å². The number of halogens is 2. The van der Waals surface area contributed by atoms with Gasteiger partial charge in [0.1, 0.15) is 5.82 Å². The van der Waals surface area contributed by atoms with Crippen LogP contribution in [0.25, 0.3) is 0 Å². The molecule has 0 heterocycles. The Morgan fingerprint density at radius 1 is 1.40 bits per heavy atom. The topological polar surface area (TPSA) is 26.3 Å². The smallest absolute Gasteiger partial charge is 0.336 e. The second-order valence-corrected chi connectivity index (χ2v) is 2.93. The zero-order valence-corrected chi connectivity index (χ0v) is 8.17. The lowest BCUT2D eigenvalue weighted by Gasteiger charge is -2.09. The summed E-state index contributed by atoms with van der Waals surface area (Å²) in [6.07, 6.45) is -1.67. The molecule has 1 atom stereocenters. The normalized spacial score (nSPS) is 11.9. The van der Waals surface area contributed by atoms with Crippen molar-refractivity contribution >= 4 is 5.97 Å². The maximum absolute atomic E-state index is 13.6. The van der Waals surface area contributed by atoms with Crippen LogP contribution in [0.4, 0.5) is 8.78 Å². The number of carbonyl (C=O) groups is 1. The van der Waals surface area contributed by atoms with E-state index in [0.717, 1.165) is 19.2 Å². The first kappa shape index (κ1) is 11.4. The maximum atomic E-state index is 13.6. The Morgan fingerprint density at radius 2 is 1.93 bits per heavy atom. The number of ether oxygens (including phenoxy) is 1. The molecule has 0 saturated carbocycles. The van der Waals surface area contributed by atoms with Crippen LogP contribution in [-0.4, -0.2) is 13.1 Å². The van der Waals surface area contributed by atoms with E-state index in [9.17, 15) is 13.6 Å². The van der Waals surface area contributed by atoms with E-state index in [-0.39, 0.29) is 11.1 Å². The van der Waals surface area contributed by atoms with E-state index < -0.39 is 18.0 Å². The number of rotatable bonds is 3. The number of hydrogen-bond acceptors (Lipinski definition) is 2. The molecule has 0 spiro atoms. The van der Waals surface area contributed by atoms with Crippen LogP contribution in [0.15, 0.2) is 36.4 Å². The highest BCUT2D eigenvalue weighted by Crippen LogP contribution is 2.25. The monoisotopic (exact) mass is 212 g/mol. The van der Waals surface area contributed by atoms with Crippen molar-refractivity contribution in [3.63, 3.8) is 0 Å². The summed E-state index contributed by atoms with van der Waals surface area (Å²) in [4.78, 5) is 11.0. The van der Waals surface area contributed by atoms with E-state index in [0.29, 0.717) is 0 Å². The summed E-state index contributed by atoms with van der Waals surface area (Å²) in [5.74, 6) is -1.28. The van der Waals surface area contributed by atoms with Gasteiger partial charge in [-0.15, -0.1) is 0 Å². The van der Waals surface area contributed by atoms with Crippen LogP contribution in [0.5, 0.6) is 0 Å². The van der Waals surface area contributed by atoms with Gasteiger partial charge < -0.3 is 4.74 Å². The molecule has 0 bridgehead atoms. The molecule has 0 amide bonds. The highest BCUT2D eigenvalue weighted by molar-refractivity contribution is 5.88. The van der Waals surface area contributed by atoms with Crippen LogP contribution in [0, 0.1) is 5.82 Å². The zero-order chi connectivity index (χ0) is 11.4. The number of hydrogen-bond donors (Lipinski definition) is 0. The molecule has 4 heteroatoms. The molecule has 0 aromatic heterocycles. The van der Waals surface area contributed by atoms with Crippen molar-refractivity contribution in [2.75, 3.05) is 7.11 Å². The molecule has 1 aromatic rings. The summed E-state index contributed by atoms with van der Waals surface area (Å²) in [5.41, 5.74) is -0.129. The summed E-state index contributed by atoms with van der Waals surface area (Å²) in [6, 6.07) is 4.75. The van der Waals surface area contributed by atoms with E-state index in [4.69, 9.17) is 0 Å². The van der Waals surface area contributed by atoms with Crippen LogP contribution in [-0.2, 0) is 9.53 Å². The van der Waals surface area contributed by atoms with Gasteiger partial charge >= 0.3 is 5.97 Å². The second kappa shape index (κ2) is 4.68. The van der Waals surface area contributed by atoms with Gasteiger partial charge in [-0.25, -0.2) is 13.6 Å². The van der Waals surface area contributed by atoms with Gasteiger partial charge in [-0.3, -0.25) is 0 Å². The quantitative estimate of drug-likeness (QED) is 0.568. The maximum Gasteiger partial charge on any atom is 0.336 e. The molecule has 0 saturated heterocycles. The van der Waals surface area contributed by atoms with Crippen molar-refractivity contribution in [3.05, 3.63) is 47.8 Å². The Kier molecular flexibility index (Phi) is 3.55. The number of carbonyl (C=O) groups excluding carboxylic acids is 1. The minimum atomic E-state index is -1.67. The fourth-order valence-corrected chi connectivity index (χ4v) is 1.07. The molecule has 0 radical (unpaired) electrons.